The first-order chi connectivity index (χ1) is 14.7. The van der Waals surface area contributed by atoms with Gasteiger partial charge in [0.2, 0.25) is 5.88 Å². The lowest BCUT2D eigenvalue weighted by atomic mass is 9.86. The van der Waals surface area contributed by atoms with Gasteiger partial charge < -0.3 is 15.4 Å². The molecule has 168 valence electrons. The number of rotatable bonds is 6. The molecule has 1 aliphatic carbocycles. The summed E-state index contributed by atoms with van der Waals surface area (Å²) in [5.41, 5.74) is 0.831. The second-order valence-corrected chi connectivity index (χ2v) is 8.24. The van der Waals surface area contributed by atoms with Gasteiger partial charge in [0.1, 0.15) is 0 Å². The molecule has 1 heterocycles. The van der Waals surface area contributed by atoms with Crippen molar-refractivity contribution >= 4 is 23.2 Å². The Kier molecular flexibility index (Phi) is 7.30. The number of nitrogens with zero attached hydrogens (tertiary/aromatic N) is 1. The number of benzene rings is 1. The van der Waals surface area contributed by atoms with Gasteiger partial charge in [0.05, 0.1) is 28.9 Å². The molecule has 9 heteroatoms. The first-order valence-corrected chi connectivity index (χ1v) is 10.5. The van der Waals surface area contributed by atoms with Gasteiger partial charge in [0.15, 0.2) is 0 Å². The van der Waals surface area contributed by atoms with E-state index in [0.717, 1.165) is 61.7 Å². The summed E-state index contributed by atoms with van der Waals surface area (Å²) in [6.45, 7) is 2.71. The fourth-order valence-corrected chi connectivity index (χ4v) is 3.95. The predicted octanol–water partition coefficient (Wildman–Crippen LogP) is 5.47. The Bertz CT molecular complexity index is 929. The summed E-state index contributed by atoms with van der Waals surface area (Å²) in [5.74, 6) is 0.383. The van der Waals surface area contributed by atoms with Crippen LogP contribution in [0.4, 0.5) is 18.9 Å². The van der Waals surface area contributed by atoms with Gasteiger partial charge in [-0.15, -0.1) is 0 Å². The Hall–Kier alpha value is -2.48. The number of carbonyl (C=O) groups is 1. The van der Waals surface area contributed by atoms with Gasteiger partial charge >= 0.3 is 6.18 Å². The van der Waals surface area contributed by atoms with Crippen molar-refractivity contribution in [2.75, 3.05) is 19.0 Å². The van der Waals surface area contributed by atoms with Crippen LogP contribution in [-0.4, -0.2) is 30.6 Å². The molecule has 1 amide bonds. The zero-order valence-electron chi connectivity index (χ0n) is 17.4. The molecule has 0 bridgehead atoms. The minimum atomic E-state index is -4.53. The van der Waals surface area contributed by atoms with Gasteiger partial charge in [-0.2, -0.15) is 13.2 Å². The molecule has 0 saturated heterocycles. The van der Waals surface area contributed by atoms with E-state index < -0.39 is 17.6 Å². The highest BCUT2D eigenvalue weighted by molar-refractivity contribution is 6.33. The number of hydrogen-bond acceptors (Lipinski definition) is 4. The van der Waals surface area contributed by atoms with Crippen LogP contribution >= 0.6 is 11.6 Å². The monoisotopic (exact) mass is 455 g/mol. The number of alkyl halides is 3. The number of hydrogen-bond donors (Lipinski definition) is 2. The largest absolute Gasteiger partial charge is 0.480 e. The smallest absolute Gasteiger partial charge is 0.416 e. The third-order valence-corrected chi connectivity index (χ3v) is 5.81. The topological polar surface area (TPSA) is 63.2 Å². The zero-order chi connectivity index (χ0) is 22.6. The first kappa shape index (κ1) is 23.2. The summed E-state index contributed by atoms with van der Waals surface area (Å²) in [6, 6.07) is 4.67. The Balaban J connectivity index is 1.53. The van der Waals surface area contributed by atoms with Crippen LogP contribution in [0, 0.1) is 12.8 Å². The van der Waals surface area contributed by atoms with Crippen molar-refractivity contribution in [1.29, 1.82) is 0 Å². The number of ether oxygens (including phenoxy) is 1. The average Bonchev–Trinajstić information content (AvgIpc) is 2.72. The van der Waals surface area contributed by atoms with Crippen LogP contribution < -0.4 is 15.4 Å². The Morgan fingerprint density at radius 2 is 1.94 bits per heavy atom. The van der Waals surface area contributed by atoms with Crippen LogP contribution in [-0.2, 0) is 6.18 Å². The molecule has 1 saturated carbocycles. The highest BCUT2D eigenvalue weighted by Crippen LogP contribution is 2.32. The maximum Gasteiger partial charge on any atom is 0.416 e. The number of aromatic nitrogens is 1. The number of carbonyl (C=O) groups excluding carboxylic acids is 1. The first-order valence-electron chi connectivity index (χ1n) is 10.1. The van der Waals surface area contributed by atoms with E-state index in [2.05, 4.69) is 15.6 Å². The molecule has 31 heavy (non-hydrogen) atoms. The number of amides is 1. The third kappa shape index (κ3) is 6.03. The maximum atomic E-state index is 12.9. The average molecular weight is 456 g/mol. The number of aryl methyl sites for hydroxylation is 1. The summed E-state index contributed by atoms with van der Waals surface area (Å²) in [7, 11) is 1.58. The summed E-state index contributed by atoms with van der Waals surface area (Å²) in [5, 5.41) is 6.22. The number of nitrogens with one attached hydrogen (secondary N) is 2. The summed E-state index contributed by atoms with van der Waals surface area (Å²) < 4.78 is 44.1. The van der Waals surface area contributed by atoms with E-state index in [9.17, 15) is 18.0 Å². The fraction of sp³-hybridized carbons (Fsp3) is 0.455. The van der Waals surface area contributed by atoms with Crippen molar-refractivity contribution in [3.05, 3.63) is 52.2 Å². The standard InChI is InChI=1S/C22H25ClF3N3O2/c1-13-9-19(21(31-2)28-11-13)27-12-14-3-6-16(7-4-14)29-20(30)17-10-15(22(24,25)26)5-8-18(17)23/h5,8-11,14,16,27H,3-4,6-7,12H2,1-2H3,(H,29,30). The molecule has 3 rings (SSSR count). The molecule has 5 nitrogen and oxygen atoms in total. The molecule has 2 N–H and O–H groups in total. The Morgan fingerprint density at radius 3 is 2.58 bits per heavy atom. The van der Waals surface area contributed by atoms with Crippen molar-refractivity contribution in [1.82, 2.24) is 10.3 Å². The molecule has 0 unspecified atom stereocenters. The molecule has 1 aliphatic rings. The lowest BCUT2D eigenvalue weighted by Crippen LogP contribution is -2.38. The van der Waals surface area contributed by atoms with Crippen LogP contribution in [0.1, 0.15) is 47.2 Å². The van der Waals surface area contributed by atoms with Crippen LogP contribution in [0.25, 0.3) is 0 Å². The van der Waals surface area contributed by atoms with Gasteiger partial charge in [0, 0.05) is 18.8 Å². The zero-order valence-corrected chi connectivity index (χ0v) is 18.1. The molecule has 0 atom stereocenters. The normalized spacial score (nSPS) is 19.0. The fourth-order valence-electron chi connectivity index (χ4n) is 3.75. The van der Waals surface area contributed by atoms with E-state index in [1.165, 1.54) is 0 Å². The van der Waals surface area contributed by atoms with Crippen molar-refractivity contribution in [2.24, 2.45) is 5.92 Å². The summed E-state index contributed by atoms with van der Waals surface area (Å²) in [4.78, 5) is 16.8. The highest BCUT2D eigenvalue weighted by Gasteiger charge is 2.32. The molecule has 1 fully saturated rings. The van der Waals surface area contributed by atoms with E-state index in [0.29, 0.717) is 11.8 Å². The molecule has 1 aromatic heterocycles. The quantitative estimate of drug-likeness (QED) is 0.606. The SMILES string of the molecule is COc1ncc(C)cc1NCC1CCC(NC(=O)c2cc(C(F)(F)F)ccc2Cl)CC1. The lowest BCUT2D eigenvalue weighted by Gasteiger charge is -2.29. The van der Waals surface area contributed by atoms with Gasteiger partial charge in [0.25, 0.3) is 5.91 Å². The Labute approximate surface area is 184 Å². The van der Waals surface area contributed by atoms with Crippen LogP contribution in [0.15, 0.2) is 30.5 Å². The highest BCUT2D eigenvalue weighted by atomic mass is 35.5. The molecule has 2 aromatic rings. The summed E-state index contributed by atoms with van der Waals surface area (Å²) in [6.07, 6.45) is 0.482. The number of methoxy groups -OCH3 is 1. The second kappa shape index (κ2) is 9.77. The van der Waals surface area contributed by atoms with E-state index >= 15 is 0 Å². The van der Waals surface area contributed by atoms with Crippen molar-refractivity contribution in [3.63, 3.8) is 0 Å². The minimum Gasteiger partial charge on any atom is -0.480 e. The van der Waals surface area contributed by atoms with Gasteiger partial charge in [-0.1, -0.05) is 11.6 Å². The number of pyridine rings is 1. The van der Waals surface area contributed by atoms with Crippen molar-refractivity contribution in [3.8, 4) is 5.88 Å². The summed E-state index contributed by atoms with van der Waals surface area (Å²) >= 11 is 5.97. The third-order valence-electron chi connectivity index (χ3n) is 5.48. The second-order valence-electron chi connectivity index (χ2n) is 7.83. The van der Waals surface area contributed by atoms with E-state index in [4.69, 9.17) is 16.3 Å². The molecular formula is C22H25ClF3N3O2. The van der Waals surface area contributed by atoms with E-state index in [1.54, 1.807) is 13.3 Å². The van der Waals surface area contributed by atoms with E-state index in [1.807, 2.05) is 13.0 Å². The van der Waals surface area contributed by atoms with E-state index in [-0.39, 0.29) is 16.6 Å². The van der Waals surface area contributed by atoms with Crippen LogP contribution in [0.2, 0.25) is 5.02 Å². The van der Waals surface area contributed by atoms with Gasteiger partial charge in [-0.25, -0.2) is 4.98 Å². The number of anilines is 1. The lowest BCUT2D eigenvalue weighted by molar-refractivity contribution is -0.137. The maximum absolute atomic E-state index is 12.9. The van der Waals surface area contributed by atoms with Crippen molar-refractivity contribution in [2.45, 2.75) is 44.8 Å². The molecular weight excluding hydrogens is 431 g/mol. The minimum absolute atomic E-state index is 0.00379. The van der Waals surface area contributed by atoms with Gasteiger partial charge in [-0.05, 0) is 68.4 Å². The van der Waals surface area contributed by atoms with Gasteiger partial charge in [-0.3, -0.25) is 4.79 Å². The number of halogens is 4. The van der Waals surface area contributed by atoms with Crippen LogP contribution in [0.3, 0.4) is 0 Å². The molecule has 1 aromatic carbocycles. The predicted molar refractivity (Wildman–Crippen MR) is 114 cm³/mol. The molecule has 0 aliphatic heterocycles. The van der Waals surface area contributed by atoms with Crippen molar-refractivity contribution < 1.29 is 22.7 Å². The molecule has 0 radical (unpaired) electrons. The van der Waals surface area contributed by atoms with Crippen LogP contribution in [0.5, 0.6) is 5.88 Å². The molecule has 0 spiro atoms. The Morgan fingerprint density at radius 1 is 1.23 bits per heavy atom.